The van der Waals surface area contributed by atoms with Crippen molar-refractivity contribution < 1.29 is 0 Å². The first-order valence-electron chi connectivity index (χ1n) is 14.6. The Morgan fingerprint density at radius 1 is 0.524 bits per heavy atom. The van der Waals surface area contributed by atoms with E-state index in [9.17, 15) is 0 Å². The van der Waals surface area contributed by atoms with Gasteiger partial charge in [-0.25, -0.2) is 0 Å². The molecule has 1 aliphatic carbocycles. The smallest absolute Gasteiger partial charge is 0.0708 e. The van der Waals surface area contributed by atoms with E-state index in [1.807, 2.05) is 6.20 Å². The van der Waals surface area contributed by atoms with Crippen molar-refractivity contribution in [2.75, 3.05) is 4.90 Å². The molecule has 7 aromatic rings. The van der Waals surface area contributed by atoms with Gasteiger partial charge in [0.15, 0.2) is 0 Å². The van der Waals surface area contributed by atoms with Gasteiger partial charge in [-0.3, -0.25) is 4.98 Å². The molecular formula is C40H30N2. The number of nitrogens with zero attached hydrogens (tertiary/aromatic N) is 2. The zero-order valence-electron chi connectivity index (χ0n) is 23.8. The first kappa shape index (κ1) is 24.6. The van der Waals surface area contributed by atoms with Crippen LogP contribution in [-0.4, -0.2) is 4.98 Å². The minimum Gasteiger partial charge on any atom is -0.310 e. The third-order valence-corrected chi connectivity index (χ3v) is 8.85. The number of hydrogen-bond acceptors (Lipinski definition) is 2. The molecule has 0 amide bonds. The molecule has 42 heavy (non-hydrogen) atoms. The molecule has 2 heteroatoms. The Morgan fingerprint density at radius 3 is 2.14 bits per heavy atom. The Hall–Kier alpha value is -5.21. The van der Waals surface area contributed by atoms with E-state index < -0.39 is 0 Å². The van der Waals surface area contributed by atoms with Crippen LogP contribution in [0.2, 0.25) is 0 Å². The molecule has 0 unspecified atom stereocenters. The van der Waals surface area contributed by atoms with Gasteiger partial charge in [0.1, 0.15) is 0 Å². The van der Waals surface area contributed by atoms with Crippen LogP contribution >= 0.6 is 0 Å². The highest BCUT2D eigenvalue weighted by molar-refractivity contribution is 5.97. The summed E-state index contributed by atoms with van der Waals surface area (Å²) in [5.41, 5.74) is 10.9. The predicted molar refractivity (Wildman–Crippen MR) is 177 cm³/mol. The van der Waals surface area contributed by atoms with Crippen LogP contribution in [0.5, 0.6) is 0 Å². The molecule has 0 atom stereocenters. The molecule has 0 saturated carbocycles. The summed E-state index contributed by atoms with van der Waals surface area (Å²) in [7, 11) is 0. The van der Waals surface area contributed by atoms with Gasteiger partial charge in [0.2, 0.25) is 0 Å². The molecule has 0 N–H and O–H groups in total. The third kappa shape index (κ3) is 3.83. The van der Waals surface area contributed by atoms with Crippen molar-refractivity contribution in [1.29, 1.82) is 0 Å². The van der Waals surface area contributed by atoms with Crippen molar-refractivity contribution in [2.45, 2.75) is 19.3 Å². The fraction of sp³-hybridized carbons (Fsp3) is 0.0750. The van der Waals surface area contributed by atoms with Crippen molar-refractivity contribution >= 4 is 38.6 Å². The molecule has 0 aliphatic heterocycles. The number of rotatable bonds is 4. The summed E-state index contributed by atoms with van der Waals surface area (Å²) in [6, 6.07) is 50.4. The van der Waals surface area contributed by atoms with Crippen LogP contribution in [0.4, 0.5) is 17.1 Å². The van der Waals surface area contributed by atoms with Crippen molar-refractivity contribution in [3.8, 4) is 22.4 Å². The van der Waals surface area contributed by atoms with Crippen LogP contribution in [-0.2, 0) is 5.41 Å². The van der Waals surface area contributed by atoms with Gasteiger partial charge in [-0.15, -0.1) is 0 Å². The van der Waals surface area contributed by atoms with Gasteiger partial charge in [0.25, 0.3) is 0 Å². The highest BCUT2D eigenvalue weighted by Crippen LogP contribution is 2.54. The first-order chi connectivity index (χ1) is 20.6. The Balaban J connectivity index is 1.32. The largest absolute Gasteiger partial charge is 0.310 e. The van der Waals surface area contributed by atoms with Crippen LogP contribution in [0, 0.1) is 0 Å². The number of benzene rings is 6. The van der Waals surface area contributed by atoms with Gasteiger partial charge >= 0.3 is 0 Å². The number of hydrogen-bond donors (Lipinski definition) is 0. The summed E-state index contributed by atoms with van der Waals surface area (Å²) in [6.07, 6.45) is 1.97. The molecule has 0 saturated heterocycles. The summed E-state index contributed by atoms with van der Waals surface area (Å²) in [4.78, 5) is 7.21. The maximum absolute atomic E-state index is 4.80. The van der Waals surface area contributed by atoms with E-state index in [-0.39, 0.29) is 5.41 Å². The second-order valence-electron chi connectivity index (χ2n) is 11.7. The van der Waals surface area contributed by atoms with Gasteiger partial charge in [-0.2, -0.15) is 0 Å². The summed E-state index contributed by atoms with van der Waals surface area (Å²) in [6.45, 7) is 4.68. The summed E-state index contributed by atoms with van der Waals surface area (Å²) in [5, 5.41) is 4.76. The lowest BCUT2D eigenvalue weighted by Crippen LogP contribution is -2.16. The van der Waals surface area contributed by atoms with Crippen LogP contribution in [0.3, 0.4) is 0 Å². The second-order valence-corrected chi connectivity index (χ2v) is 11.7. The van der Waals surface area contributed by atoms with E-state index in [4.69, 9.17) is 4.98 Å². The van der Waals surface area contributed by atoms with Gasteiger partial charge < -0.3 is 4.90 Å². The standard InChI is InChI=1S/C40H30N2/c1-40(2)35-16-9-8-15-34(35)39-36(40)17-10-18-38(39)42(32-13-4-3-5-14-32)33-22-21-27-19-20-29(23-31(27)24-33)37-25-28-11-6-7-12-30(28)26-41-37/h3-26H,1-2H3. The quantitative estimate of drug-likeness (QED) is 0.222. The molecule has 2 nitrogen and oxygen atoms in total. The lowest BCUT2D eigenvalue weighted by atomic mass is 9.82. The molecule has 0 fully saturated rings. The van der Waals surface area contributed by atoms with E-state index in [0.29, 0.717) is 0 Å². The molecule has 1 aliphatic rings. The fourth-order valence-electron chi connectivity index (χ4n) is 6.70. The Kier molecular flexibility index (Phi) is 5.52. The van der Waals surface area contributed by atoms with E-state index >= 15 is 0 Å². The number of pyridine rings is 1. The SMILES string of the molecule is CC1(C)c2ccccc2-c2c(N(c3ccccc3)c3ccc4ccc(-c5cc6ccccc6cn5)cc4c3)cccc21. The maximum Gasteiger partial charge on any atom is 0.0708 e. The van der Waals surface area contributed by atoms with Gasteiger partial charge in [-0.1, -0.05) is 111 Å². The summed E-state index contributed by atoms with van der Waals surface area (Å²) < 4.78 is 0. The van der Waals surface area contributed by atoms with Crippen LogP contribution in [0.1, 0.15) is 25.0 Å². The monoisotopic (exact) mass is 538 g/mol. The maximum atomic E-state index is 4.80. The molecule has 200 valence electrons. The number of para-hydroxylation sites is 1. The predicted octanol–water partition coefficient (Wildman–Crippen LogP) is 10.8. The van der Waals surface area contributed by atoms with E-state index in [2.05, 4.69) is 158 Å². The molecule has 8 rings (SSSR count). The molecule has 6 aromatic carbocycles. The topological polar surface area (TPSA) is 16.1 Å². The van der Waals surface area contributed by atoms with Gasteiger partial charge in [-0.05, 0) is 75.3 Å². The van der Waals surface area contributed by atoms with Crippen molar-refractivity contribution in [3.05, 3.63) is 157 Å². The Bertz CT molecular complexity index is 2120. The van der Waals surface area contributed by atoms with Crippen LogP contribution < -0.4 is 4.90 Å². The van der Waals surface area contributed by atoms with Crippen molar-refractivity contribution in [2.24, 2.45) is 0 Å². The normalized spacial score (nSPS) is 13.2. The third-order valence-electron chi connectivity index (χ3n) is 8.85. The van der Waals surface area contributed by atoms with E-state index in [0.717, 1.165) is 28.0 Å². The lowest BCUT2D eigenvalue weighted by Gasteiger charge is -2.29. The summed E-state index contributed by atoms with van der Waals surface area (Å²) >= 11 is 0. The Morgan fingerprint density at radius 2 is 1.26 bits per heavy atom. The number of fused-ring (bicyclic) bond motifs is 5. The van der Waals surface area contributed by atoms with Crippen LogP contribution in [0.15, 0.2) is 146 Å². The van der Waals surface area contributed by atoms with Gasteiger partial charge in [0, 0.05) is 39.5 Å². The lowest BCUT2D eigenvalue weighted by molar-refractivity contribution is 0.660. The molecular weight excluding hydrogens is 508 g/mol. The van der Waals surface area contributed by atoms with Crippen molar-refractivity contribution in [1.82, 2.24) is 4.98 Å². The number of aromatic nitrogens is 1. The highest BCUT2D eigenvalue weighted by Gasteiger charge is 2.37. The van der Waals surface area contributed by atoms with Crippen LogP contribution in [0.25, 0.3) is 43.9 Å². The summed E-state index contributed by atoms with van der Waals surface area (Å²) in [5.74, 6) is 0. The minimum absolute atomic E-state index is 0.0601. The molecule has 1 aromatic heterocycles. The average molecular weight is 539 g/mol. The second kappa shape index (κ2) is 9.43. The van der Waals surface area contributed by atoms with E-state index in [1.165, 1.54) is 44.1 Å². The minimum atomic E-state index is -0.0601. The van der Waals surface area contributed by atoms with E-state index in [1.54, 1.807) is 0 Å². The first-order valence-corrected chi connectivity index (χ1v) is 14.6. The molecule has 0 radical (unpaired) electrons. The zero-order valence-corrected chi connectivity index (χ0v) is 23.8. The van der Waals surface area contributed by atoms with Gasteiger partial charge in [0.05, 0.1) is 11.4 Å². The van der Waals surface area contributed by atoms with Crippen molar-refractivity contribution in [3.63, 3.8) is 0 Å². The molecule has 0 bridgehead atoms. The zero-order chi connectivity index (χ0) is 28.3. The molecule has 0 spiro atoms. The average Bonchev–Trinajstić information content (AvgIpc) is 3.28. The Labute approximate surface area is 246 Å². The molecule has 1 heterocycles. The number of anilines is 3. The highest BCUT2D eigenvalue weighted by atomic mass is 15.1. The fourth-order valence-corrected chi connectivity index (χ4v) is 6.70.